The number of aliphatic hydroxyl groups is 1. The zero-order valence-electron chi connectivity index (χ0n) is 7.33. The first kappa shape index (κ1) is 8.28. The van der Waals surface area contributed by atoms with Gasteiger partial charge in [-0.3, -0.25) is 0 Å². The minimum absolute atomic E-state index is 0.364. The second-order valence-electron chi connectivity index (χ2n) is 3.43. The predicted octanol–water partition coefficient (Wildman–Crippen LogP) is 1.93. The van der Waals surface area contributed by atoms with Crippen LogP contribution in [-0.2, 0) is 6.42 Å². The summed E-state index contributed by atoms with van der Waals surface area (Å²) in [5.41, 5.74) is 2.78. The summed E-state index contributed by atoms with van der Waals surface area (Å²) in [6.45, 7) is 0. The molecule has 0 saturated heterocycles. The van der Waals surface area contributed by atoms with E-state index in [0.717, 1.165) is 24.8 Å². The molecule has 1 aromatic carbocycles. The summed E-state index contributed by atoms with van der Waals surface area (Å²) in [5.74, 6) is 0. The molecule has 2 heteroatoms. The Bertz CT molecular complexity index is 365. The van der Waals surface area contributed by atoms with Crippen molar-refractivity contribution in [2.24, 2.45) is 0 Å². The quantitative estimate of drug-likeness (QED) is 0.651. The van der Waals surface area contributed by atoms with E-state index in [-0.39, 0.29) is 6.10 Å². The number of nitriles is 1. The van der Waals surface area contributed by atoms with Crippen molar-refractivity contribution in [3.63, 3.8) is 0 Å². The number of fused-ring (bicyclic) bond motifs is 1. The van der Waals surface area contributed by atoms with Crippen LogP contribution in [0.1, 0.15) is 35.6 Å². The molecule has 0 amide bonds. The van der Waals surface area contributed by atoms with Crippen LogP contribution in [0.3, 0.4) is 0 Å². The Balaban J connectivity index is 2.48. The Labute approximate surface area is 77.4 Å². The average molecular weight is 173 g/mol. The summed E-state index contributed by atoms with van der Waals surface area (Å²) in [5, 5.41) is 18.4. The maximum atomic E-state index is 9.67. The number of benzene rings is 1. The van der Waals surface area contributed by atoms with Gasteiger partial charge < -0.3 is 5.11 Å². The fourth-order valence-corrected chi connectivity index (χ4v) is 1.84. The van der Waals surface area contributed by atoms with Gasteiger partial charge in [0.2, 0.25) is 0 Å². The molecule has 0 spiro atoms. The van der Waals surface area contributed by atoms with Gasteiger partial charge in [0.05, 0.1) is 17.7 Å². The summed E-state index contributed by atoms with van der Waals surface area (Å²) >= 11 is 0. The van der Waals surface area contributed by atoms with Gasteiger partial charge in [0.25, 0.3) is 0 Å². The summed E-state index contributed by atoms with van der Waals surface area (Å²) in [7, 11) is 0. The molecule has 13 heavy (non-hydrogen) atoms. The van der Waals surface area contributed by atoms with Crippen molar-refractivity contribution < 1.29 is 5.11 Å². The van der Waals surface area contributed by atoms with Gasteiger partial charge in [-0.2, -0.15) is 5.26 Å². The van der Waals surface area contributed by atoms with E-state index in [0.29, 0.717) is 5.56 Å². The molecule has 0 radical (unpaired) electrons. The maximum Gasteiger partial charge on any atom is 0.0991 e. The molecule has 1 aromatic rings. The molecule has 0 bridgehead atoms. The maximum absolute atomic E-state index is 9.67. The largest absolute Gasteiger partial charge is 0.388 e. The Kier molecular flexibility index (Phi) is 2.03. The minimum Gasteiger partial charge on any atom is -0.388 e. The van der Waals surface area contributed by atoms with Gasteiger partial charge in [0.1, 0.15) is 0 Å². The summed E-state index contributed by atoms with van der Waals surface area (Å²) in [6, 6.07) is 7.66. The molecule has 0 aromatic heterocycles. The van der Waals surface area contributed by atoms with E-state index < -0.39 is 0 Å². The van der Waals surface area contributed by atoms with Crippen molar-refractivity contribution in [2.75, 3.05) is 0 Å². The van der Waals surface area contributed by atoms with Crippen molar-refractivity contribution in [2.45, 2.75) is 25.4 Å². The number of aryl methyl sites for hydroxylation is 1. The zero-order chi connectivity index (χ0) is 9.26. The number of aliphatic hydroxyl groups excluding tert-OH is 1. The lowest BCUT2D eigenvalue weighted by Crippen LogP contribution is -2.09. The second-order valence-corrected chi connectivity index (χ2v) is 3.43. The van der Waals surface area contributed by atoms with Gasteiger partial charge in [0.15, 0.2) is 0 Å². The minimum atomic E-state index is -0.364. The molecule has 0 heterocycles. The highest BCUT2D eigenvalue weighted by molar-refractivity contribution is 5.40. The van der Waals surface area contributed by atoms with Crippen LogP contribution < -0.4 is 0 Å². The Morgan fingerprint density at radius 3 is 3.08 bits per heavy atom. The van der Waals surface area contributed by atoms with Crippen molar-refractivity contribution in [1.29, 1.82) is 5.26 Å². The third kappa shape index (κ3) is 1.43. The van der Waals surface area contributed by atoms with E-state index in [1.807, 2.05) is 12.1 Å². The normalized spacial score (nSPS) is 20.5. The van der Waals surface area contributed by atoms with Crippen LogP contribution in [0, 0.1) is 11.3 Å². The average Bonchev–Trinajstić information content (AvgIpc) is 2.18. The van der Waals surface area contributed by atoms with Gasteiger partial charge in [-0.1, -0.05) is 6.07 Å². The highest BCUT2D eigenvalue weighted by Crippen LogP contribution is 2.29. The van der Waals surface area contributed by atoms with E-state index in [2.05, 4.69) is 6.07 Å². The lowest BCUT2D eigenvalue weighted by atomic mass is 9.88. The van der Waals surface area contributed by atoms with Crippen LogP contribution in [-0.4, -0.2) is 5.11 Å². The first-order valence-corrected chi connectivity index (χ1v) is 4.52. The topological polar surface area (TPSA) is 44.0 Å². The van der Waals surface area contributed by atoms with Crippen LogP contribution in [0.15, 0.2) is 18.2 Å². The van der Waals surface area contributed by atoms with Crippen molar-refractivity contribution in [1.82, 2.24) is 0 Å². The molecule has 1 atom stereocenters. The third-order valence-electron chi connectivity index (χ3n) is 2.56. The van der Waals surface area contributed by atoms with Gasteiger partial charge in [-0.05, 0) is 42.5 Å². The monoisotopic (exact) mass is 173 g/mol. The van der Waals surface area contributed by atoms with Crippen LogP contribution in [0.25, 0.3) is 0 Å². The Morgan fingerprint density at radius 2 is 2.31 bits per heavy atom. The lowest BCUT2D eigenvalue weighted by molar-refractivity contribution is 0.156. The Morgan fingerprint density at radius 1 is 1.46 bits per heavy atom. The van der Waals surface area contributed by atoms with Crippen molar-refractivity contribution in [3.05, 3.63) is 34.9 Å². The van der Waals surface area contributed by atoms with Gasteiger partial charge in [-0.15, -0.1) is 0 Å². The van der Waals surface area contributed by atoms with E-state index in [1.165, 1.54) is 5.56 Å². The second kappa shape index (κ2) is 3.20. The van der Waals surface area contributed by atoms with Crippen LogP contribution in [0.2, 0.25) is 0 Å². The molecular weight excluding hydrogens is 162 g/mol. The van der Waals surface area contributed by atoms with Gasteiger partial charge in [-0.25, -0.2) is 0 Å². The van der Waals surface area contributed by atoms with Gasteiger partial charge >= 0.3 is 0 Å². The lowest BCUT2D eigenvalue weighted by Gasteiger charge is -2.20. The molecule has 0 saturated carbocycles. The number of hydrogen-bond donors (Lipinski definition) is 1. The number of hydrogen-bond acceptors (Lipinski definition) is 2. The first-order valence-electron chi connectivity index (χ1n) is 4.52. The fourth-order valence-electron chi connectivity index (χ4n) is 1.84. The molecule has 2 rings (SSSR count). The fraction of sp³-hybridized carbons (Fsp3) is 0.364. The molecule has 1 aliphatic rings. The number of rotatable bonds is 0. The summed E-state index contributed by atoms with van der Waals surface area (Å²) in [4.78, 5) is 0. The molecule has 0 fully saturated rings. The Hall–Kier alpha value is -1.33. The zero-order valence-corrected chi connectivity index (χ0v) is 7.33. The van der Waals surface area contributed by atoms with E-state index in [4.69, 9.17) is 5.26 Å². The first-order chi connectivity index (χ1) is 6.31. The van der Waals surface area contributed by atoms with Crippen molar-refractivity contribution in [3.8, 4) is 6.07 Å². The van der Waals surface area contributed by atoms with Crippen LogP contribution in [0.5, 0.6) is 0 Å². The third-order valence-corrected chi connectivity index (χ3v) is 2.56. The standard InChI is InChI=1S/C11H11NO/c12-7-8-4-5-9-2-1-3-11(13)10(9)6-8/h4-6,11,13H,1-3H2. The predicted molar refractivity (Wildman–Crippen MR) is 49.1 cm³/mol. The van der Waals surface area contributed by atoms with Gasteiger partial charge in [0, 0.05) is 0 Å². The summed E-state index contributed by atoms with van der Waals surface area (Å²) in [6.07, 6.45) is 2.53. The van der Waals surface area contributed by atoms with E-state index in [1.54, 1.807) is 6.07 Å². The SMILES string of the molecule is N#Cc1ccc2c(c1)C(O)CCC2. The molecule has 66 valence electrons. The van der Waals surface area contributed by atoms with E-state index >= 15 is 0 Å². The number of nitrogens with zero attached hydrogens (tertiary/aromatic N) is 1. The molecule has 1 N–H and O–H groups in total. The summed E-state index contributed by atoms with van der Waals surface area (Å²) < 4.78 is 0. The highest BCUT2D eigenvalue weighted by atomic mass is 16.3. The highest BCUT2D eigenvalue weighted by Gasteiger charge is 2.17. The molecule has 2 nitrogen and oxygen atoms in total. The molecule has 0 aliphatic heterocycles. The smallest absolute Gasteiger partial charge is 0.0991 e. The molecule has 1 unspecified atom stereocenters. The van der Waals surface area contributed by atoms with Crippen LogP contribution >= 0.6 is 0 Å². The van der Waals surface area contributed by atoms with Crippen LogP contribution in [0.4, 0.5) is 0 Å². The molecule has 1 aliphatic carbocycles. The van der Waals surface area contributed by atoms with E-state index in [9.17, 15) is 5.11 Å². The molecular formula is C11H11NO. The van der Waals surface area contributed by atoms with Crippen molar-refractivity contribution >= 4 is 0 Å².